The number of hydrogen-bond acceptors (Lipinski definition) is 3. The number of fused-ring (bicyclic) bond motifs is 1. The summed E-state index contributed by atoms with van der Waals surface area (Å²) in [5.74, 6) is -0.516. The van der Waals surface area contributed by atoms with E-state index in [1.54, 1.807) is 0 Å². The van der Waals surface area contributed by atoms with Crippen LogP contribution in [0.5, 0.6) is 0 Å². The zero-order valence-electron chi connectivity index (χ0n) is 15.1. The molecule has 0 aliphatic carbocycles. The molecule has 0 aliphatic rings. The van der Waals surface area contributed by atoms with E-state index in [1.165, 1.54) is 16.9 Å². The first-order valence-corrected chi connectivity index (χ1v) is 10.1. The number of rotatable bonds is 7. The quantitative estimate of drug-likeness (QED) is 0.544. The molecule has 3 N–H and O–H groups in total. The average Bonchev–Trinajstić information content (AvgIpc) is 3.09. The SMILES string of the molecule is O=C(NCCc1c[nH]c2ccccc12)c1cccc(S(=O)(=O)NCC(F)(F)F)c1. The van der Waals surface area contributed by atoms with Crippen molar-refractivity contribution in [2.45, 2.75) is 17.5 Å². The van der Waals surface area contributed by atoms with Crippen LogP contribution in [0.25, 0.3) is 10.9 Å². The first-order valence-electron chi connectivity index (χ1n) is 8.65. The number of hydrogen-bond donors (Lipinski definition) is 3. The predicted octanol–water partition coefficient (Wildman–Crippen LogP) is 2.98. The predicted molar refractivity (Wildman–Crippen MR) is 102 cm³/mol. The van der Waals surface area contributed by atoms with Crippen molar-refractivity contribution in [3.8, 4) is 0 Å². The monoisotopic (exact) mass is 425 g/mol. The summed E-state index contributed by atoms with van der Waals surface area (Å²) in [7, 11) is -4.38. The van der Waals surface area contributed by atoms with Crippen molar-refractivity contribution < 1.29 is 26.4 Å². The Hall–Kier alpha value is -2.85. The van der Waals surface area contributed by atoms with Crippen molar-refractivity contribution in [2.24, 2.45) is 0 Å². The minimum Gasteiger partial charge on any atom is -0.361 e. The summed E-state index contributed by atoms with van der Waals surface area (Å²) in [5.41, 5.74) is 2.05. The highest BCUT2D eigenvalue weighted by Crippen LogP contribution is 2.18. The van der Waals surface area contributed by atoms with Gasteiger partial charge in [-0.25, -0.2) is 13.1 Å². The lowest BCUT2D eigenvalue weighted by Crippen LogP contribution is -2.34. The Kier molecular flexibility index (Phi) is 5.94. The van der Waals surface area contributed by atoms with Gasteiger partial charge >= 0.3 is 6.18 Å². The smallest absolute Gasteiger partial charge is 0.361 e. The van der Waals surface area contributed by atoms with Crippen LogP contribution in [-0.2, 0) is 16.4 Å². The molecule has 29 heavy (non-hydrogen) atoms. The Morgan fingerprint density at radius 1 is 1.07 bits per heavy atom. The van der Waals surface area contributed by atoms with Gasteiger partial charge in [-0.2, -0.15) is 13.2 Å². The van der Waals surface area contributed by atoms with E-state index in [1.807, 2.05) is 30.5 Å². The number of halogens is 3. The van der Waals surface area contributed by atoms with E-state index in [-0.39, 0.29) is 5.56 Å². The molecule has 1 aromatic heterocycles. The van der Waals surface area contributed by atoms with Crippen molar-refractivity contribution in [1.29, 1.82) is 0 Å². The zero-order chi connectivity index (χ0) is 21.1. The van der Waals surface area contributed by atoms with Gasteiger partial charge < -0.3 is 10.3 Å². The summed E-state index contributed by atoms with van der Waals surface area (Å²) >= 11 is 0. The maximum atomic E-state index is 12.3. The highest BCUT2D eigenvalue weighted by atomic mass is 32.2. The van der Waals surface area contributed by atoms with E-state index in [9.17, 15) is 26.4 Å². The first-order chi connectivity index (χ1) is 13.7. The molecule has 2 aromatic carbocycles. The van der Waals surface area contributed by atoms with Gasteiger partial charge in [-0.3, -0.25) is 4.79 Å². The van der Waals surface area contributed by atoms with E-state index in [0.29, 0.717) is 13.0 Å². The van der Waals surface area contributed by atoms with Crippen molar-refractivity contribution in [3.05, 3.63) is 65.9 Å². The maximum Gasteiger partial charge on any atom is 0.402 e. The maximum absolute atomic E-state index is 12.3. The molecule has 6 nitrogen and oxygen atoms in total. The lowest BCUT2D eigenvalue weighted by molar-refractivity contribution is -0.121. The number of alkyl halides is 3. The number of aromatic amines is 1. The van der Waals surface area contributed by atoms with Crippen molar-refractivity contribution in [1.82, 2.24) is 15.0 Å². The summed E-state index contributed by atoms with van der Waals surface area (Å²) in [6.07, 6.45) is -2.26. The number of carbonyl (C=O) groups is 1. The Labute approximate surface area is 165 Å². The molecule has 1 heterocycles. The highest BCUT2D eigenvalue weighted by Gasteiger charge is 2.30. The molecule has 0 fully saturated rings. The second-order valence-corrected chi connectivity index (χ2v) is 8.10. The second-order valence-electron chi connectivity index (χ2n) is 6.33. The van der Waals surface area contributed by atoms with Crippen molar-refractivity contribution in [3.63, 3.8) is 0 Å². The van der Waals surface area contributed by atoms with Gasteiger partial charge in [0.2, 0.25) is 10.0 Å². The van der Waals surface area contributed by atoms with E-state index in [4.69, 9.17) is 0 Å². The summed E-state index contributed by atoms with van der Waals surface area (Å²) < 4.78 is 62.3. The van der Waals surface area contributed by atoms with Gasteiger partial charge in [-0.05, 0) is 36.2 Å². The van der Waals surface area contributed by atoms with Crippen molar-refractivity contribution in [2.75, 3.05) is 13.1 Å². The van der Waals surface area contributed by atoms with Crippen LogP contribution in [0.1, 0.15) is 15.9 Å². The topological polar surface area (TPSA) is 91.1 Å². The molecular formula is C19H18F3N3O3S. The third-order valence-corrected chi connectivity index (χ3v) is 5.62. The molecule has 0 atom stereocenters. The van der Waals surface area contributed by atoms with E-state index < -0.39 is 33.5 Å². The molecule has 3 aromatic rings. The number of H-pyrrole nitrogens is 1. The number of sulfonamides is 1. The Morgan fingerprint density at radius 2 is 1.83 bits per heavy atom. The molecule has 0 radical (unpaired) electrons. The van der Waals surface area contributed by atoms with Gasteiger partial charge in [0.25, 0.3) is 5.91 Å². The van der Waals surface area contributed by atoms with Crippen LogP contribution in [0.2, 0.25) is 0 Å². The Balaban J connectivity index is 1.63. The molecule has 0 spiro atoms. The van der Waals surface area contributed by atoms with Gasteiger partial charge in [0.1, 0.15) is 6.54 Å². The molecule has 0 bridgehead atoms. The van der Waals surface area contributed by atoms with Crippen LogP contribution < -0.4 is 10.0 Å². The van der Waals surface area contributed by atoms with E-state index >= 15 is 0 Å². The minimum atomic E-state index is -4.68. The second kappa shape index (κ2) is 8.26. The van der Waals surface area contributed by atoms with Crippen LogP contribution in [0, 0.1) is 0 Å². The van der Waals surface area contributed by atoms with Gasteiger partial charge in [0.15, 0.2) is 0 Å². The van der Waals surface area contributed by atoms with Gasteiger partial charge in [-0.1, -0.05) is 24.3 Å². The summed E-state index contributed by atoms with van der Waals surface area (Å²) in [6, 6.07) is 12.6. The highest BCUT2D eigenvalue weighted by molar-refractivity contribution is 7.89. The molecule has 0 unspecified atom stereocenters. The number of amides is 1. The Morgan fingerprint density at radius 3 is 2.59 bits per heavy atom. The zero-order valence-corrected chi connectivity index (χ0v) is 15.9. The molecule has 1 amide bonds. The molecule has 3 rings (SSSR count). The molecule has 0 saturated carbocycles. The summed E-state index contributed by atoms with van der Waals surface area (Å²) in [4.78, 5) is 15.0. The van der Waals surface area contributed by atoms with E-state index in [2.05, 4.69) is 10.3 Å². The van der Waals surface area contributed by atoms with Crippen LogP contribution in [0.3, 0.4) is 0 Å². The number of benzene rings is 2. The van der Waals surface area contributed by atoms with Crippen LogP contribution in [0.4, 0.5) is 13.2 Å². The van der Waals surface area contributed by atoms with Crippen LogP contribution >= 0.6 is 0 Å². The molecule has 10 heteroatoms. The number of carbonyl (C=O) groups excluding carboxylic acids is 1. The minimum absolute atomic E-state index is 0.0406. The van der Waals surface area contributed by atoms with Gasteiger partial charge in [-0.15, -0.1) is 0 Å². The number of nitrogens with one attached hydrogen (secondary N) is 3. The normalized spacial score (nSPS) is 12.2. The summed E-state index contributed by atoms with van der Waals surface area (Å²) in [6.45, 7) is -1.37. The lowest BCUT2D eigenvalue weighted by Gasteiger charge is -2.10. The number of aromatic nitrogens is 1. The standard InChI is InChI=1S/C19H18F3N3O3S/c20-19(21,22)12-25-29(27,28)15-5-3-4-13(10-15)18(26)23-9-8-14-11-24-17-7-2-1-6-16(14)17/h1-7,10-11,24-25H,8-9,12H2,(H,23,26). The first kappa shape index (κ1) is 20.9. The van der Waals surface area contributed by atoms with E-state index in [0.717, 1.165) is 28.6 Å². The van der Waals surface area contributed by atoms with Gasteiger partial charge in [0.05, 0.1) is 4.90 Å². The fraction of sp³-hybridized carbons (Fsp3) is 0.211. The van der Waals surface area contributed by atoms with Gasteiger partial charge in [0, 0.05) is 29.2 Å². The molecule has 0 saturated heterocycles. The molecule has 0 aliphatic heterocycles. The third-order valence-electron chi connectivity index (χ3n) is 4.22. The van der Waals surface area contributed by atoms with Crippen molar-refractivity contribution >= 4 is 26.8 Å². The third kappa shape index (κ3) is 5.36. The fourth-order valence-corrected chi connectivity index (χ4v) is 3.88. The average molecular weight is 425 g/mol. The Bertz CT molecular complexity index is 1120. The lowest BCUT2D eigenvalue weighted by atomic mass is 10.1. The van der Waals surface area contributed by atoms with Crippen LogP contribution in [-0.4, -0.2) is 38.6 Å². The molecular weight excluding hydrogens is 407 g/mol. The fourth-order valence-electron chi connectivity index (χ4n) is 2.82. The van der Waals surface area contributed by atoms with Crippen LogP contribution in [0.15, 0.2) is 59.6 Å². The molecule has 154 valence electrons. The largest absolute Gasteiger partial charge is 0.402 e. The number of para-hydroxylation sites is 1. The summed E-state index contributed by atoms with van der Waals surface area (Å²) in [5, 5.41) is 3.74.